The lowest BCUT2D eigenvalue weighted by atomic mass is 9.71. The van der Waals surface area contributed by atoms with E-state index in [2.05, 4.69) is 33.8 Å². The number of carbonyl (C=O) groups excluding carboxylic acids is 2. The summed E-state index contributed by atoms with van der Waals surface area (Å²) < 4.78 is 16.3. The van der Waals surface area contributed by atoms with Crippen molar-refractivity contribution >= 4 is 11.9 Å². The Morgan fingerprint density at radius 1 is 1.31 bits per heavy atom. The molecule has 3 atom stereocenters. The van der Waals surface area contributed by atoms with Crippen molar-refractivity contribution < 1.29 is 23.5 Å². The smallest absolute Gasteiger partial charge is 0.313 e. The van der Waals surface area contributed by atoms with E-state index in [1.165, 1.54) is 31.8 Å². The van der Waals surface area contributed by atoms with Crippen LogP contribution in [0.25, 0.3) is 0 Å². The summed E-state index contributed by atoms with van der Waals surface area (Å²) in [5.41, 5.74) is 5.62. The van der Waals surface area contributed by atoms with Crippen molar-refractivity contribution in [2.45, 2.75) is 98.2 Å². The minimum Gasteiger partial charge on any atom is -0.472 e. The lowest BCUT2D eigenvalue weighted by molar-refractivity contribution is -0.179. The van der Waals surface area contributed by atoms with E-state index < -0.39 is 18.1 Å². The van der Waals surface area contributed by atoms with Crippen molar-refractivity contribution in [3.8, 4) is 0 Å². The average Bonchev–Trinajstić information content (AvgIpc) is 3.23. The predicted molar refractivity (Wildman–Crippen MR) is 124 cm³/mol. The van der Waals surface area contributed by atoms with Crippen LogP contribution in [0, 0.1) is 11.3 Å². The molecule has 1 aromatic heterocycles. The maximum Gasteiger partial charge on any atom is 0.313 e. The molecule has 5 nitrogen and oxygen atoms in total. The van der Waals surface area contributed by atoms with E-state index in [-0.39, 0.29) is 11.9 Å². The molecule has 2 aliphatic rings. The first-order chi connectivity index (χ1) is 15.2. The van der Waals surface area contributed by atoms with E-state index in [1.807, 2.05) is 0 Å². The molecule has 0 saturated carbocycles. The molecule has 0 radical (unpaired) electrons. The fourth-order valence-corrected chi connectivity index (χ4v) is 5.27. The summed E-state index contributed by atoms with van der Waals surface area (Å²) in [5, 5.41) is 0. The third-order valence-corrected chi connectivity index (χ3v) is 7.11. The number of hydrogen-bond donors (Lipinski definition) is 0. The summed E-state index contributed by atoms with van der Waals surface area (Å²) in [4.78, 5) is 24.4. The Bertz CT molecular complexity index is 859. The van der Waals surface area contributed by atoms with Crippen LogP contribution in [0.4, 0.5) is 0 Å². The van der Waals surface area contributed by atoms with Gasteiger partial charge in [-0.25, -0.2) is 0 Å². The number of cyclic esters (lactones) is 1. The molecule has 1 fully saturated rings. The zero-order chi connectivity index (χ0) is 23.3. The minimum atomic E-state index is -0.474. The van der Waals surface area contributed by atoms with Crippen LogP contribution in [-0.2, 0) is 19.1 Å². The fourth-order valence-electron chi connectivity index (χ4n) is 5.27. The second-order valence-electron chi connectivity index (χ2n) is 10.1. The third-order valence-electron chi connectivity index (χ3n) is 7.11. The van der Waals surface area contributed by atoms with Crippen molar-refractivity contribution in [1.82, 2.24) is 0 Å². The van der Waals surface area contributed by atoms with Gasteiger partial charge in [-0.2, -0.15) is 0 Å². The van der Waals surface area contributed by atoms with Gasteiger partial charge in [0, 0.05) is 18.9 Å². The standard InChI is InChI=1S/C27H38O5/c1-18(11-12-23-19(2)9-7-14-27(23,4)5)8-6-10-22-25(31-20(3)28)16-24(32-26(22)29)21-13-15-30-17-21/h8,13,15,17,22,24-25H,6-7,9-12,14,16H2,1-5H3/b18-8+/t22?,24-,25+/m1/s1. The number of allylic oxidation sites excluding steroid dienone is 4. The van der Waals surface area contributed by atoms with E-state index in [4.69, 9.17) is 13.9 Å². The van der Waals surface area contributed by atoms with E-state index in [1.54, 1.807) is 29.7 Å². The van der Waals surface area contributed by atoms with E-state index >= 15 is 0 Å². The van der Waals surface area contributed by atoms with Crippen LogP contribution in [0.1, 0.15) is 97.7 Å². The Morgan fingerprint density at radius 2 is 2.09 bits per heavy atom. The molecular formula is C27H38O5. The van der Waals surface area contributed by atoms with Gasteiger partial charge in [0.15, 0.2) is 0 Å². The van der Waals surface area contributed by atoms with Gasteiger partial charge >= 0.3 is 11.9 Å². The van der Waals surface area contributed by atoms with Gasteiger partial charge in [0.25, 0.3) is 0 Å². The second kappa shape index (κ2) is 10.5. The van der Waals surface area contributed by atoms with E-state index in [0.29, 0.717) is 18.3 Å². The largest absolute Gasteiger partial charge is 0.472 e. The van der Waals surface area contributed by atoms with Crippen LogP contribution in [0.15, 0.2) is 45.8 Å². The molecule has 5 heteroatoms. The maximum absolute atomic E-state index is 12.7. The Kier molecular flexibility index (Phi) is 8.02. The van der Waals surface area contributed by atoms with E-state index in [0.717, 1.165) is 24.8 Å². The molecule has 0 amide bonds. The van der Waals surface area contributed by atoms with Gasteiger partial charge in [-0.3, -0.25) is 9.59 Å². The third kappa shape index (κ3) is 6.14. The van der Waals surface area contributed by atoms with Gasteiger partial charge in [0.1, 0.15) is 12.2 Å². The van der Waals surface area contributed by atoms with Gasteiger partial charge in [0.2, 0.25) is 0 Å². The summed E-state index contributed by atoms with van der Waals surface area (Å²) in [7, 11) is 0. The summed E-state index contributed by atoms with van der Waals surface area (Å²) in [6, 6.07) is 1.78. The van der Waals surface area contributed by atoms with Gasteiger partial charge < -0.3 is 13.9 Å². The van der Waals surface area contributed by atoms with Crippen LogP contribution in [0.5, 0.6) is 0 Å². The highest BCUT2D eigenvalue weighted by atomic mass is 16.6. The molecule has 3 rings (SSSR count). The molecule has 2 heterocycles. The van der Waals surface area contributed by atoms with Gasteiger partial charge in [0.05, 0.1) is 18.4 Å². The lowest BCUT2D eigenvalue weighted by Gasteiger charge is -2.35. The molecule has 0 spiro atoms. The molecule has 1 aliphatic carbocycles. The van der Waals surface area contributed by atoms with Crippen molar-refractivity contribution in [3.05, 3.63) is 47.0 Å². The van der Waals surface area contributed by atoms with Crippen LogP contribution < -0.4 is 0 Å². The molecule has 1 aliphatic heterocycles. The normalized spacial score (nSPS) is 26.1. The molecule has 0 N–H and O–H groups in total. The number of rotatable bonds is 8. The highest BCUT2D eigenvalue weighted by molar-refractivity contribution is 5.75. The van der Waals surface area contributed by atoms with Crippen molar-refractivity contribution in [2.24, 2.45) is 11.3 Å². The number of carbonyl (C=O) groups is 2. The first kappa shape index (κ1) is 24.3. The summed E-state index contributed by atoms with van der Waals surface area (Å²) in [6.45, 7) is 10.6. The van der Waals surface area contributed by atoms with Gasteiger partial charge in [-0.05, 0) is 70.3 Å². The fraction of sp³-hybridized carbons (Fsp3) is 0.630. The van der Waals surface area contributed by atoms with Gasteiger partial charge in [-0.1, -0.05) is 36.6 Å². The van der Waals surface area contributed by atoms with Crippen LogP contribution >= 0.6 is 0 Å². The summed E-state index contributed by atoms with van der Waals surface area (Å²) in [6.07, 6.45) is 12.2. The Balaban J connectivity index is 1.57. The molecule has 0 aromatic carbocycles. The Hall–Kier alpha value is -2.30. The molecule has 1 aromatic rings. The topological polar surface area (TPSA) is 65.7 Å². The van der Waals surface area contributed by atoms with Crippen molar-refractivity contribution in [3.63, 3.8) is 0 Å². The highest BCUT2D eigenvalue weighted by Crippen LogP contribution is 2.42. The zero-order valence-electron chi connectivity index (χ0n) is 20.2. The zero-order valence-corrected chi connectivity index (χ0v) is 20.2. The van der Waals surface area contributed by atoms with Crippen molar-refractivity contribution in [1.29, 1.82) is 0 Å². The van der Waals surface area contributed by atoms with Crippen LogP contribution in [0.3, 0.4) is 0 Å². The summed E-state index contributed by atoms with van der Waals surface area (Å²) >= 11 is 0. The van der Waals surface area contributed by atoms with E-state index in [9.17, 15) is 9.59 Å². The second-order valence-corrected chi connectivity index (χ2v) is 10.1. The SMILES string of the molecule is CC(=O)O[C@H]1C[C@H](c2ccoc2)OC(=O)C1CC/C=C(\C)CCC1=C(C)CCCC1(C)C. The lowest BCUT2D eigenvalue weighted by Crippen LogP contribution is -2.40. The molecular weight excluding hydrogens is 404 g/mol. The van der Waals surface area contributed by atoms with Crippen LogP contribution in [-0.4, -0.2) is 18.0 Å². The molecule has 32 heavy (non-hydrogen) atoms. The Morgan fingerprint density at radius 3 is 2.75 bits per heavy atom. The number of esters is 2. The summed E-state index contributed by atoms with van der Waals surface area (Å²) in [5.74, 6) is -1.11. The molecule has 0 bridgehead atoms. The molecule has 1 unspecified atom stereocenters. The molecule has 1 saturated heterocycles. The first-order valence-corrected chi connectivity index (χ1v) is 11.9. The maximum atomic E-state index is 12.7. The quantitative estimate of drug-likeness (QED) is 0.325. The average molecular weight is 443 g/mol. The van der Waals surface area contributed by atoms with Gasteiger partial charge in [-0.15, -0.1) is 0 Å². The minimum absolute atomic E-state index is 0.301. The number of furan rings is 1. The number of hydrogen-bond acceptors (Lipinski definition) is 5. The predicted octanol–water partition coefficient (Wildman–Crippen LogP) is 6.85. The Labute approximate surface area is 192 Å². The molecule has 176 valence electrons. The number of ether oxygens (including phenoxy) is 2. The van der Waals surface area contributed by atoms with Crippen molar-refractivity contribution in [2.75, 3.05) is 0 Å². The first-order valence-electron chi connectivity index (χ1n) is 11.9. The highest BCUT2D eigenvalue weighted by Gasteiger charge is 2.40. The van der Waals surface area contributed by atoms with Crippen LogP contribution in [0.2, 0.25) is 0 Å². The monoisotopic (exact) mass is 442 g/mol.